The molecule has 0 aromatic heterocycles. The number of nitrogens with zero attached hydrogens (tertiary/aromatic N) is 1. The first kappa shape index (κ1) is 11.3. The zero-order valence-electron chi connectivity index (χ0n) is 9.15. The van der Waals surface area contributed by atoms with E-state index >= 15 is 0 Å². The minimum Gasteiger partial charge on any atom is -0.377 e. The van der Waals surface area contributed by atoms with Crippen LogP contribution in [-0.2, 0) is 14.3 Å². The van der Waals surface area contributed by atoms with Crippen LogP contribution in [0.25, 0.3) is 0 Å². The van der Waals surface area contributed by atoms with Crippen LogP contribution in [-0.4, -0.2) is 55.6 Å². The fourth-order valence-corrected chi connectivity index (χ4v) is 2.20. The number of amides is 2. The smallest absolute Gasteiger partial charge is 0.242 e. The van der Waals surface area contributed by atoms with E-state index in [9.17, 15) is 9.59 Å². The van der Waals surface area contributed by atoms with Crippen molar-refractivity contribution in [1.29, 1.82) is 0 Å². The summed E-state index contributed by atoms with van der Waals surface area (Å²) in [6.07, 6.45) is 0.835. The van der Waals surface area contributed by atoms with Crippen molar-refractivity contribution in [2.24, 2.45) is 11.7 Å². The summed E-state index contributed by atoms with van der Waals surface area (Å²) in [7, 11) is 0. The highest BCUT2D eigenvalue weighted by Gasteiger charge is 2.35. The average Bonchev–Trinajstić information content (AvgIpc) is 2.81. The second kappa shape index (κ2) is 4.80. The Hall–Kier alpha value is -1.14. The number of carbonyl (C=O) groups is 2. The average molecular weight is 227 g/mol. The molecule has 2 aliphatic rings. The van der Waals surface area contributed by atoms with Crippen LogP contribution in [0.1, 0.15) is 6.42 Å². The highest BCUT2D eigenvalue weighted by Crippen LogP contribution is 2.16. The minimum absolute atomic E-state index is 0.0139. The maximum absolute atomic E-state index is 12.1. The molecule has 2 rings (SSSR count). The molecule has 2 aliphatic heterocycles. The lowest BCUT2D eigenvalue weighted by Crippen LogP contribution is -2.56. The Kier molecular flexibility index (Phi) is 3.40. The van der Waals surface area contributed by atoms with Crippen molar-refractivity contribution in [3.8, 4) is 0 Å². The van der Waals surface area contributed by atoms with Crippen LogP contribution in [0.5, 0.6) is 0 Å². The van der Waals surface area contributed by atoms with Gasteiger partial charge in [-0.15, -0.1) is 0 Å². The van der Waals surface area contributed by atoms with E-state index in [-0.39, 0.29) is 18.4 Å². The number of carbonyl (C=O) groups excluding carboxylic acids is 2. The first-order valence-corrected chi connectivity index (χ1v) is 5.58. The van der Waals surface area contributed by atoms with Gasteiger partial charge in [0, 0.05) is 13.1 Å². The Labute approximate surface area is 94.1 Å². The zero-order chi connectivity index (χ0) is 11.5. The quantitative estimate of drug-likeness (QED) is 0.589. The molecule has 6 heteroatoms. The van der Waals surface area contributed by atoms with Crippen molar-refractivity contribution in [3.05, 3.63) is 0 Å². The van der Waals surface area contributed by atoms with E-state index in [1.54, 1.807) is 4.90 Å². The van der Waals surface area contributed by atoms with Crippen molar-refractivity contribution in [2.75, 3.05) is 32.8 Å². The molecule has 90 valence electrons. The number of nitrogens with one attached hydrogen (secondary N) is 1. The van der Waals surface area contributed by atoms with Crippen LogP contribution in [0.15, 0.2) is 0 Å². The fourth-order valence-electron chi connectivity index (χ4n) is 2.20. The molecular formula is C10H17N3O3. The molecule has 2 heterocycles. The number of rotatable bonds is 2. The number of hydrogen-bond donors (Lipinski definition) is 2. The number of nitrogens with two attached hydrogens (primary N) is 1. The predicted molar refractivity (Wildman–Crippen MR) is 56.5 cm³/mol. The third-order valence-corrected chi connectivity index (χ3v) is 3.15. The topological polar surface area (TPSA) is 84.7 Å². The minimum atomic E-state index is -0.596. The summed E-state index contributed by atoms with van der Waals surface area (Å²) in [6, 6.07) is -0.596. The molecule has 0 aromatic carbocycles. The molecule has 6 nitrogen and oxygen atoms in total. The standard InChI is InChI=1S/C10H17N3O3/c11-9(14)8-6-16-4-3-13(8)10(15)7-1-2-12-5-7/h7-8,12H,1-6H2,(H2,11,14). The Morgan fingerprint density at radius 3 is 2.88 bits per heavy atom. The highest BCUT2D eigenvalue weighted by atomic mass is 16.5. The van der Waals surface area contributed by atoms with E-state index in [0.29, 0.717) is 19.7 Å². The maximum atomic E-state index is 12.1. The first-order chi connectivity index (χ1) is 7.70. The highest BCUT2D eigenvalue weighted by molar-refractivity contribution is 5.88. The summed E-state index contributed by atoms with van der Waals surface area (Å²) in [5.41, 5.74) is 5.27. The van der Waals surface area contributed by atoms with E-state index in [0.717, 1.165) is 13.0 Å². The lowest BCUT2D eigenvalue weighted by atomic mass is 10.1. The third kappa shape index (κ3) is 2.17. The lowest BCUT2D eigenvalue weighted by molar-refractivity contribution is -0.149. The van der Waals surface area contributed by atoms with Gasteiger partial charge in [-0.05, 0) is 13.0 Å². The van der Waals surface area contributed by atoms with E-state index in [4.69, 9.17) is 10.5 Å². The molecule has 0 bridgehead atoms. The molecule has 0 radical (unpaired) electrons. The number of hydrogen-bond acceptors (Lipinski definition) is 4. The predicted octanol–water partition coefficient (Wildman–Crippen LogP) is -1.69. The van der Waals surface area contributed by atoms with Crippen molar-refractivity contribution >= 4 is 11.8 Å². The maximum Gasteiger partial charge on any atom is 0.242 e. The van der Waals surface area contributed by atoms with Gasteiger partial charge < -0.3 is 20.7 Å². The molecule has 2 atom stereocenters. The largest absolute Gasteiger partial charge is 0.377 e. The number of morpholine rings is 1. The van der Waals surface area contributed by atoms with Gasteiger partial charge in [-0.25, -0.2) is 0 Å². The van der Waals surface area contributed by atoms with Gasteiger partial charge in [0.1, 0.15) is 6.04 Å². The van der Waals surface area contributed by atoms with Crippen LogP contribution in [0.2, 0.25) is 0 Å². The molecule has 16 heavy (non-hydrogen) atoms. The molecule has 0 saturated carbocycles. The van der Waals surface area contributed by atoms with Gasteiger partial charge >= 0.3 is 0 Å². The van der Waals surface area contributed by atoms with Crippen LogP contribution in [0, 0.1) is 5.92 Å². The van der Waals surface area contributed by atoms with Crippen molar-refractivity contribution in [2.45, 2.75) is 12.5 Å². The van der Waals surface area contributed by atoms with Gasteiger partial charge in [0.2, 0.25) is 11.8 Å². The number of primary amides is 1. The third-order valence-electron chi connectivity index (χ3n) is 3.15. The molecule has 2 amide bonds. The van der Waals surface area contributed by atoms with Crippen LogP contribution >= 0.6 is 0 Å². The van der Waals surface area contributed by atoms with Crippen molar-refractivity contribution < 1.29 is 14.3 Å². The molecule has 3 N–H and O–H groups in total. The second-order valence-electron chi connectivity index (χ2n) is 4.21. The SMILES string of the molecule is NC(=O)C1COCCN1C(=O)C1CCNC1. The monoisotopic (exact) mass is 227 g/mol. The van der Waals surface area contributed by atoms with Gasteiger partial charge in [0.25, 0.3) is 0 Å². The van der Waals surface area contributed by atoms with Crippen molar-refractivity contribution in [3.63, 3.8) is 0 Å². The molecule has 0 spiro atoms. The van der Waals surface area contributed by atoms with E-state index in [1.165, 1.54) is 0 Å². The Morgan fingerprint density at radius 1 is 1.44 bits per heavy atom. The molecular weight excluding hydrogens is 210 g/mol. The fraction of sp³-hybridized carbons (Fsp3) is 0.800. The van der Waals surface area contributed by atoms with Crippen molar-refractivity contribution in [1.82, 2.24) is 10.2 Å². The normalized spacial score (nSPS) is 30.4. The van der Waals surface area contributed by atoms with E-state index < -0.39 is 11.9 Å². The van der Waals surface area contributed by atoms with Gasteiger partial charge in [-0.1, -0.05) is 0 Å². The zero-order valence-corrected chi connectivity index (χ0v) is 9.15. The lowest BCUT2D eigenvalue weighted by Gasteiger charge is -2.35. The first-order valence-electron chi connectivity index (χ1n) is 5.58. The van der Waals surface area contributed by atoms with E-state index in [2.05, 4.69) is 5.32 Å². The summed E-state index contributed by atoms with van der Waals surface area (Å²) < 4.78 is 5.18. The summed E-state index contributed by atoms with van der Waals surface area (Å²) in [4.78, 5) is 24.9. The Morgan fingerprint density at radius 2 is 2.25 bits per heavy atom. The van der Waals surface area contributed by atoms with Gasteiger partial charge in [0.05, 0.1) is 19.1 Å². The van der Waals surface area contributed by atoms with E-state index in [1.807, 2.05) is 0 Å². The van der Waals surface area contributed by atoms with Crippen LogP contribution in [0.4, 0.5) is 0 Å². The Balaban J connectivity index is 2.04. The molecule has 2 saturated heterocycles. The van der Waals surface area contributed by atoms with Gasteiger partial charge in [-0.2, -0.15) is 0 Å². The van der Waals surface area contributed by atoms with Crippen LogP contribution in [0.3, 0.4) is 0 Å². The molecule has 2 fully saturated rings. The molecule has 0 aliphatic carbocycles. The van der Waals surface area contributed by atoms with Crippen LogP contribution < -0.4 is 11.1 Å². The van der Waals surface area contributed by atoms with Gasteiger partial charge in [0.15, 0.2) is 0 Å². The summed E-state index contributed by atoms with van der Waals surface area (Å²) in [5.74, 6) is -0.476. The molecule has 0 aromatic rings. The Bertz CT molecular complexity index is 289. The number of ether oxygens (including phenoxy) is 1. The summed E-state index contributed by atoms with van der Waals surface area (Å²) in [6.45, 7) is 2.73. The van der Waals surface area contributed by atoms with Gasteiger partial charge in [-0.3, -0.25) is 9.59 Å². The molecule has 2 unspecified atom stereocenters. The summed E-state index contributed by atoms with van der Waals surface area (Å²) in [5, 5.41) is 3.14. The second-order valence-corrected chi connectivity index (χ2v) is 4.21. The summed E-state index contributed by atoms with van der Waals surface area (Å²) >= 11 is 0.